The molecule has 21 heavy (non-hydrogen) atoms. The number of carbonyl (C=O) groups is 1. The summed E-state index contributed by atoms with van der Waals surface area (Å²) in [6.45, 7) is 0.478. The second kappa shape index (κ2) is 5.28. The molecule has 0 amide bonds. The highest BCUT2D eigenvalue weighted by Crippen LogP contribution is 2.26. The van der Waals surface area contributed by atoms with Gasteiger partial charge in [-0.2, -0.15) is 0 Å². The van der Waals surface area contributed by atoms with Gasteiger partial charge in [-0.05, 0) is 30.3 Å². The molecule has 0 radical (unpaired) electrons. The third-order valence-corrected chi connectivity index (χ3v) is 5.82. The highest BCUT2D eigenvalue weighted by atomic mass is 79.9. The zero-order chi connectivity index (χ0) is 15.2. The van der Waals surface area contributed by atoms with Gasteiger partial charge in [0.05, 0.1) is 23.7 Å². The average Bonchev–Trinajstić information content (AvgIpc) is 2.83. The third-order valence-electron chi connectivity index (χ3n) is 3.28. The van der Waals surface area contributed by atoms with Crippen molar-refractivity contribution in [1.29, 1.82) is 0 Å². The molecule has 1 aliphatic heterocycles. The molecule has 1 aliphatic rings. The summed E-state index contributed by atoms with van der Waals surface area (Å²) >= 11 is 7.44. The quantitative estimate of drug-likeness (QED) is 0.804. The van der Waals surface area contributed by atoms with Crippen molar-refractivity contribution in [3.8, 4) is 0 Å². The van der Waals surface area contributed by atoms with Crippen molar-refractivity contribution in [3.05, 3.63) is 52.3 Å². The Balaban J connectivity index is 2.13. The van der Waals surface area contributed by atoms with E-state index in [4.69, 9.17) is 0 Å². The number of benzene rings is 1. The predicted molar refractivity (Wildman–Crippen MR) is 84.9 cm³/mol. The van der Waals surface area contributed by atoms with Crippen LogP contribution in [-0.2, 0) is 16.6 Å². The van der Waals surface area contributed by atoms with Gasteiger partial charge < -0.3 is 0 Å². The van der Waals surface area contributed by atoms with Gasteiger partial charge in [-0.1, -0.05) is 28.7 Å². The lowest BCUT2D eigenvalue weighted by atomic mass is 10.1. The van der Waals surface area contributed by atoms with E-state index in [1.807, 2.05) is 0 Å². The smallest absolute Gasteiger partial charge is 0.267 e. The Morgan fingerprint density at radius 1 is 1.10 bits per heavy atom. The summed E-state index contributed by atoms with van der Waals surface area (Å²) in [6.07, 6.45) is 1.42. The van der Waals surface area contributed by atoms with Gasteiger partial charge in [0, 0.05) is 16.2 Å². The molecule has 2 heterocycles. The molecule has 0 aliphatic carbocycles. The normalized spacial score (nSPS) is 16.0. The first-order valence-electron chi connectivity index (χ1n) is 6.08. The summed E-state index contributed by atoms with van der Waals surface area (Å²) < 4.78 is 28.8. The summed E-state index contributed by atoms with van der Waals surface area (Å²) in [6, 6.07) is 7.93. The first-order chi connectivity index (χ1) is 9.89. The maximum Gasteiger partial charge on any atom is 0.267 e. The zero-order valence-corrected chi connectivity index (χ0v) is 14.0. The first-order valence-corrected chi connectivity index (χ1v) is 8.71. The SMILES string of the molecule is O=C1CN(S)Cc2c1ccn2S(=O)(=O)c1ccc(Br)cc1. The van der Waals surface area contributed by atoms with Crippen LogP contribution in [0.25, 0.3) is 0 Å². The van der Waals surface area contributed by atoms with Crippen molar-refractivity contribution in [2.75, 3.05) is 6.54 Å². The summed E-state index contributed by atoms with van der Waals surface area (Å²) in [5.41, 5.74) is 0.894. The van der Waals surface area contributed by atoms with E-state index in [0.717, 1.165) is 8.45 Å². The fraction of sp³-hybridized carbons (Fsp3) is 0.154. The van der Waals surface area contributed by atoms with E-state index in [9.17, 15) is 13.2 Å². The standard InChI is InChI=1S/C13H11BrN2O3S2/c14-9-1-3-10(4-2-9)21(18,19)16-6-5-11-12(16)7-15(20)8-13(11)17/h1-6,20H,7-8H2. The summed E-state index contributed by atoms with van der Waals surface area (Å²) in [5.74, 6) is -0.129. The van der Waals surface area contributed by atoms with E-state index >= 15 is 0 Å². The summed E-state index contributed by atoms with van der Waals surface area (Å²) in [4.78, 5) is 12.1. The number of halogens is 1. The fourth-order valence-electron chi connectivity index (χ4n) is 2.28. The molecule has 2 aromatic rings. The average molecular weight is 387 g/mol. The van der Waals surface area contributed by atoms with Crippen LogP contribution in [0.2, 0.25) is 0 Å². The van der Waals surface area contributed by atoms with Gasteiger partial charge in [-0.15, -0.1) is 0 Å². The Kier molecular flexibility index (Phi) is 3.73. The Bertz CT molecular complexity index is 812. The number of fused-ring (bicyclic) bond motifs is 1. The predicted octanol–water partition coefficient (Wildman–Crippen LogP) is 2.33. The Morgan fingerprint density at radius 3 is 2.43 bits per heavy atom. The van der Waals surface area contributed by atoms with E-state index in [2.05, 4.69) is 28.7 Å². The molecule has 0 spiro atoms. The molecule has 0 saturated heterocycles. The van der Waals surface area contributed by atoms with Gasteiger partial charge in [0.25, 0.3) is 10.0 Å². The van der Waals surface area contributed by atoms with Gasteiger partial charge in [-0.25, -0.2) is 16.7 Å². The number of hydrogen-bond acceptors (Lipinski definition) is 5. The summed E-state index contributed by atoms with van der Waals surface area (Å²) in [7, 11) is -3.72. The number of thiol groups is 1. The van der Waals surface area contributed by atoms with Crippen LogP contribution in [-0.4, -0.2) is 29.0 Å². The minimum absolute atomic E-state index is 0.129. The number of rotatable bonds is 2. The topological polar surface area (TPSA) is 59.4 Å². The first kappa shape index (κ1) is 14.8. The second-order valence-corrected chi connectivity index (χ2v) is 7.97. The lowest BCUT2D eigenvalue weighted by molar-refractivity contribution is 0.0955. The molecule has 5 nitrogen and oxygen atoms in total. The van der Waals surface area contributed by atoms with Crippen LogP contribution in [0.15, 0.2) is 45.9 Å². The molecule has 3 rings (SSSR count). The Labute approximate surface area is 136 Å². The molecular formula is C13H11BrN2O3S2. The van der Waals surface area contributed by atoms with Crippen LogP contribution in [0.3, 0.4) is 0 Å². The van der Waals surface area contributed by atoms with Gasteiger partial charge >= 0.3 is 0 Å². The third kappa shape index (κ3) is 2.57. The molecule has 0 fully saturated rings. The fourth-order valence-corrected chi connectivity index (χ4v) is 4.18. The molecule has 0 atom stereocenters. The maximum absolute atomic E-state index is 12.7. The summed E-state index contributed by atoms with van der Waals surface area (Å²) in [5, 5.41) is 0. The highest BCUT2D eigenvalue weighted by molar-refractivity contribution is 9.10. The van der Waals surface area contributed by atoms with Crippen LogP contribution >= 0.6 is 28.7 Å². The van der Waals surface area contributed by atoms with E-state index in [-0.39, 0.29) is 17.2 Å². The van der Waals surface area contributed by atoms with E-state index in [0.29, 0.717) is 17.8 Å². The van der Waals surface area contributed by atoms with Gasteiger partial charge in [-0.3, -0.25) is 4.79 Å². The molecule has 0 saturated carbocycles. The number of carbonyl (C=O) groups excluding carboxylic acids is 1. The Morgan fingerprint density at radius 2 is 1.76 bits per heavy atom. The molecule has 0 bridgehead atoms. The largest absolute Gasteiger partial charge is 0.293 e. The number of hydrogen-bond donors (Lipinski definition) is 1. The molecule has 0 unspecified atom stereocenters. The number of Topliss-reactive ketones (excluding diaryl/α,β-unsaturated/α-hetero) is 1. The molecule has 110 valence electrons. The van der Waals surface area contributed by atoms with Gasteiger partial charge in [0.1, 0.15) is 0 Å². The number of nitrogens with zero attached hydrogens (tertiary/aromatic N) is 2. The van der Waals surface area contributed by atoms with Gasteiger partial charge in [0.15, 0.2) is 5.78 Å². The van der Waals surface area contributed by atoms with Crippen molar-refractivity contribution >= 4 is 44.6 Å². The zero-order valence-electron chi connectivity index (χ0n) is 10.7. The number of aromatic nitrogens is 1. The molecular weight excluding hydrogens is 376 g/mol. The van der Waals surface area contributed by atoms with E-state index < -0.39 is 10.0 Å². The molecule has 8 heteroatoms. The Hall–Kier alpha value is -1.09. The van der Waals surface area contributed by atoms with Crippen LogP contribution in [0, 0.1) is 0 Å². The van der Waals surface area contributed by atoms with Crippen molar-refractivity contribution in [3.63, 3.8) is 0 Å². The maximum atomic E-state index is 12.7. The molecule has 1 aromatic heterocycles. The monoisotopic (exact) mass is 386 g/mol. The van der Waals surface area contributed by atoms with Crippen molar-refractivity contribution in [1.82, 2.24) is 8.28 Å². The van der Waals surface area contributed by atoms with Crippen LogP contribution in [0.5, 0.6) is 0 Å². The lowest BCUT2D eigenvalue weighted by Gasteiger charge is -2.22. The lowest BCUT2D eigenvalue weighted by Crippen LogP contribution is -2.30. The molecule has 0 N–H and O–H groups in total. The van der Waals surface area contributed by atoms with Crippen molar-refractivity contribution in [2.24, 2.45) is 0 Å². The second-order valence-electron chi connectivity index (χ2n) is 4.68. The van der Waals surface area contributed by atoms with Crippen LogP contribution in [0.4, 0.5) is 0 Å². The van der Waals surface area contributed by atoms with Crippen LogP contribution < -0.4 is 0 Å². The minimum atomic E-state index is -3.72. The minimum Gasteiger partial charge on any atom is -0.293 e. The highest BCUT2D eigenvalue weighted by Gasteiger charge is 2.29. The van der Waals surface area contributed by atoms with Gasteiger partial charge in [0.2, 0.25) is 0 Å². The van der Waals surface area contributed by atoms with Crippen molar-refractivity contribution < 1.29 is 13.2 Å². The van der Waals surface area contributed by atoms with E-state index in [1.165, 1.54) is 22.6 Å². The van der Waals surface area contributed by atoms with Crippen LogP contribution in [0.1, 0.15) is 16.1 Å². The van der Waals surface area contributed by atoms with E-state index in [1.54, 1.807) is 18.2 Å². The van der Waals surface area contributed by atoms with Crippen molar-refractivity contribution in [2.45, 2.75) is 11.4 Å². The molecule has 1 aromatic carbocycles. The number of ketones is 1.